The molecule has 0 atom stereocenters. The van der Waals surface area contributed by atoms with Gasteiger partial charge in [0.1, 0.15) is 0 Å². The Morgan fingerprint density at radius 1 is 1.26 bits per heavy atom. The van der Waals surface area contributed by atoms with Crippen molar-refractivity contribution in [2.24, 2.45) is 0 Å². The molecule has 162 valence electrons. The Labute approximate surface area is 189 Å². The zero-order valence-electron chi connectivity index (χ0n) is 17.0. The zero-order valence-corrected chi connectivity index (χ0v) is 18.6. The zero-order chi connectivity index (χ0) is 22.4. The second-order valence-electron chi connectivity index (χ2n) is 6.52. The molecule has 0 saturated carbocycles. The lowest BCUT2D eigenvalue weighted by atomic mass is 10.1. The number of rotatable bonds is 8. The van der Waals surface area contributed by atoms with Gasteiger partial charge in [-0.2, -0.15) is 0 Å². The highest BCUT2D eigenvalue weighted by molar-refractivity contribution is 8.14. The topological polar surface area (TPSA) is 84.9 Å². The van der Waals surface area contributed by atoms with E-state index in [-0.39, 0.29) is 29.4 Å². The van der Waals surface area contributed by atoms with Crippen LogP contribution in [0.4, 0.5) is 10.5 Å². The van der Waals surface area contributed by atoms with Crippen molar-refractivity contribution >= 4 is 52.2 Å². The summed E-state index contributed by atoms with van der Waals surface area (Å²) in [5, 5.41) is 2.91. The van der Waals surface area contributed by atoms with Gasteiger partial charge in [-0.15, -0.1) is 0 Å². The first-order valence-corrected chi connectivity index (χ1v) is 10.8. The van der Waals surface area contributed by atoms with Gasteiger partial charge in [-0.25, -0.2) is 0 Å². The summed E-state index contributed by atoms with van der Waals surface area (Å²) in [6.45, 7) is 2.53. The fraction of sp³-hybridized carbons (Fsp3) is 0.227. The minimum Gasteiger partial charge on any atom is -0.491 e. The van der Waals surface area contributed by atoms with Crippen LogP contribution < -0.4 is 14.8 Å². The maximum absolute atomic E-state index is 12.3. The van der Waals surface area contributed by atoms with Crippen LogP contribution in [0.25, 0.3) is 6.08 Å². The predicted molar refractivity (Wildman–Crippen MR) is 122 cm³/mol. The first-order chi connectivity index (χ1) is 14.9. The van der Waals surface area contributed by atoms with Gasteiger partial charge in [0.05, 0.1) is 31.0 Å². The second-order valence-corrected chi connectivity index (χ2v) is 7.85. The van der Waals surface area contributed by atoms with E-state index >= 15 is 0 Å². The molecule has 2 aromatic rings. The van der Waals surface area contributed by atoms with Crippen molar-refractivity contribution in [3.63, 3.8) is 0 Å². The van der Waals surface area contributed by atoms with E-state index < -0.39 is 0 Å². The number of halogens is 1. The lowest BCUT2D eigenvalue weighted by molar-refractivity contribution is -0.125. The van der Waals surface area contributed by atoms with Gasteiger partial charge in [-0.05, 0) is 48.4 Å². The van der Waals surface area contributed by atoms with Crippen molar-refractivity contribution in [3.05, 3.63) is 58.6 Å². The van der Waals surface area contributed by atoms with Crippen LogP contribution in [0.5, 0.6) is 11.5 Å². The summed E-state index contributed by atoms with van der Waals surface area (Å²) in [4.78, 5) is 36.9. The number of hydrogen-bond donors (Lipinski definition) is 1. The third kappa shape index (κ3) is 5.80. The van der Waals surface area contributed by atoms with Crippen molar-refractivity contribution in [2.75, 3.05) is 24.8 Å². The summed E-state index contributed by atoms with van der Waals surface area (Å²) in [6.07, 6.45) is 3.01. The van der Waals surface area contributed by atoms with Crippen LogP contribution in [-0.2, 0) is 16.1 Å². The molecule has 0 aliphatic carbocycles. The Bertz CT molecular complexity index is 1010. The van der Waals surface area contributed by atoms with Gasteiger partial charge in [0, 0.05) is 11.8 Å². The third-order valence-electron chi connectivity index (χ3n) is 4.37. The number of amides is 3. The van der Waals surface area contributed by atoms with Crippen LogP contribution >= 0.6 is 23.4 Å². The summed E-state index contributed by atoms with van der Waals surface area (Å²) in [5.74, 6) is 0.621. The average molecular weight is 461 g/mol. The number of carbonyl (C=O) groups excluding carboxylic acids is 3. The van der Waals surface area contributed by atoms with Gasteiger partial charge >= 0.3 is 0 Å². The van der Waals surface area contributed by atoms with Crippen molar-refractivity contribution < 1.29 is 23.9 Å². The Morgan fingerprint density at radius 3 is 2.61 bits per heavy atom. The summed E-state index contributed by atoms with van der Waals surface area (Å²) in [5.41, 5.74) is 2.08. The third-order valence-corrected chi connectivity index (χ3v) is 5.51. The first kappa shape index (κ1) is 22.7. The molecule has 9 heteroatoms. The highest BCUT2D eigenvalue weighted by Crippen LogP contribution is 2.36. The van der Waals surface area contributed by atoms with Crippen LogP contribution in [0.3, 0.4) is 0 Å². The van der Waals surface area contributed by atoms with E-state index in [2.05, 4.69) is 5.32 Å². The summed E-state index contributed by atoms with van der Waals surface area (Å²) < 4.78 is 10.8. The van der Waals surface area contributed by atoms with Crippen LogP contribution in [0.15, 0.2) is 42.5 Å². The predicted octanol–water partition coefficient (Wildman–Crippen LogP) is 4.59. The van der Waals surface area contributed by atoms with Gasteiger partial charge < -0.3 is 14.8 Å². The number of methoxy groups -OCH3 is 1. The quantitative estimate of drug-likeness (QED) is 0.580. The van der Waals surface area contributed by atoms with E-state index in [1.165, 1.54) is 18.1 Å². The molecule has 1 heterocycles. The molecule has 2 aromatic carbocycles. The molecule has 0 bridgehead atoms. The molecule has 1 aliphatic rings. The van der Waals surface area contributed by atoms with Crippen LogP contribution in [0.2, 0.25) is 5.02 Å². The largest absolute Gasteiger partial charge is 0.491 e. The van der Waals surface area contributed by atoms with E-state index in [1.807, 2.05) is 6.92 Å². The second kappa shape index (κ2) is 10.4. The molecule has 1 N–H and O–H groups in total. The number of hydrogen-bond acceptors (Lipinski definition) is 6. The number of imide groups is 1. The number of ether oxygens (including phenoxy) is 2. The molecule has 1 aliphatic heterocycles. The number of benzene rings is 2. The molecule has 7 nitrogen and oxygen atoms in total. The lowest BCUT2D eigenvalue weighted by Crippen LogP contribution is -2.27. The Hall–Kier alpha value is -2.97. The minimum absolute atomic E-state index is 0.185. The van der Waals surface area contributed by atoms with E-state index in [1.54, 1.807) is 42.5 Å². The van der Waals surface area contributed by atoms with Crippen molar-refractivity contribution in [2.45, 2.75) is 13.5 Å². The summed E-state index contributed by atoms with van der Waals surface area (Å²) in [7, 11) is 1.51. The number of thioether (sulfide) groups is 1. The molecule has 0 spiro atoms. The smallest absolute Gasteiger partial charge is 0.289 e. The van der Waals surface area contributed by atoms with Gasteiger partial charge in [0.25, 0.3) is 5.24 Å². The molecule has 1 saturated heterocycles. The molecule has 3 amide bonds. The number of nitrogens with one attached hydrogen (secondary N) is 1. The molecular formula is C22H21ClN2O5S. The maximum atomic E-state index is 12.3. The Morgan fingerprint density at radius 2 is 2.00 bits per heavy atom. The van der Waals surface area contributed by atoms with Gasteiger partial charge in [0.2, 0.25) is 11.8 Å². The summed E-state index contributed by atoms with van der Waals surface area (Å²) in [6, 6.07) is 10.4. The van der Waals surface area contributed by atoms with Gasteiger partial charge in [0.15, 0.2) is 11.5 Å². The van der Waals surface area contributed by atoms with Gasteiger partial charge in [-0.1, -0.05) is 35.5 Å². The Balaban J connectivity index is 1.62. The highest BCUT2D eigenvalue weighted by atomic mass is 35.5. The van der Waals surface area contributed by atoms with Crippen molar-refractivity contribution in [1.29, 1.82) is 0 Å². The van der Waals surface area contributed by atoms with E-state index in [0.29, 0.717) is 34.4 Å². The van der Waals surface area contributed by atoms with Crippen LogP contribution in [-0.4, -0.2) is 41.4 Å². The molecule has 31 heavy (non-hydrogen) atoms. The highest BCUT2D eigenvalue weighted by Gasteiger charge is 2.29. The molecule has 0 aromatic heterocycles. The Kier molecular flexibility index (Phi) is 7.59. The summed E-state index contributed by atoms with van der Waals surface area (Å²) >= 11 is 7.23. The van der Waals surface area contributed by atoms with E-state index in [0.717, 1.165) is 17.3 Å². The van der Waals surface area contributed by atoms with Gasteiger partial charge in [-0.3, -0.25) is 19.3 Å². The molecule has 0 radical (unpaired) electrons. The van der Waals surface area contributed by atoms with E-state index in [4.69, 9.17) is 21.1 Å². The number of carbonyl (C=O) groups is 3. The SMILES string of the molecule is CCOc1cc(/C=C/C(=O)Nc2ccc(CN3C(=O)CSC3=O)cc2)cc(Cl)c1OC. The molecule has 1 fully saturated rings. The normalized spacial score (nSPS) is 13.7. The van der Waals surface area contributed by atoms with Crippen LogP contribution in [0, 0.1) is 0 Å². The molecule has 3 rings (SSSR count). The first-order valence-electron chi connectivity index (χ1n) is 9.46. The number of anilines is 1. The monoisotopic (exact) mass is 460 g/mol. The van der Waals surface area contributed by atoms with Crippen LogP contribution in [0.1, 0.15) is 18.1 Å². The molecule has 0 unspecified atom stereocenters. The average Bonchev–Trinajstić information content (AvgIpc) is 3.06. The standard InChI is InChI=1S/C22H21ClN2O5S/c1-3-30-18-11-15(10-17(23)21(18)29-2)6-9-19(26)24-16-7-4-14(5-8-16)12-25-20(27)13-31-22(25)28/h4-11H,3,12-13H2,1-2H3,(H,24,26)/b9-6+. The molecular weight excluding hydrogens is 440 g/mol. The van der Waals surface area contributed by atoms with Crippen molar-refractivity contribution in [3.8, 4) is 11.5 Å². The maximum Gasteiger partial charge on any atom is 0.289 e. The van der Waals surface area contributed by atoms with E-state index in [9.17, 15) is 14.4 Å². The fourth-order valence-electron chi connectivity index (χ4n) is 2.91. The lowest BCUT2D eigenvalue weighted by Gasteiger charge is -2.13. The fourth-order valence-corrected chi connectivity index (χ4v) is 3.93. The number of nitrogens with zero attached hydrogens (tertiary/aromatic N) is 1. The van der Waals surface area contributed by atoms with Crippen molar-refractivity contribution in [1.82, 2.24) is 4.90 Å². The minimum atomic E-state index is -0.320.